The SMILES string of the molecule is CC(CC(C)(C)C)S(=O)(=O)[O-].[Na+]. The molecular formula is C7H15NaO3S. The van der Waals surface area contributed by atoms with Gasteiger partial charge >= 0.3 is 29.6 Å². The Kier molecular flexibility index (Phi) is 6.36. The van der Waals surface area contributed by atoms with Crippen molar-refractivity contribution < 1.29 is 42.5 Å². The first kappa shape index (κ1) is 15.4. The van der Waals surface area contributed by atoms with Gasteiger partial charge in [-0.1, -0.05) is 20.8 Å². The van der Waals surface area contributed by atoms with Crippen molar-refractivity contribution >= 4 is 10.1 Å². The molecule has 0 aromatic heterocycles. The predicted octanol–water partition coefficient (Wildman–Crippen LogP) is -1.64. The van der Waals surface area contributed by atoms with Crippen molar-refractivity contribution in [3.63, 3.8) is 0 Å². The monoisotopic (exact) mass is 202 g/mol. The second-order valence-corrected chi connectivity index (χ2v) is 5.86. The third-order valence-electron chi connectivity index (χ3n) is 1.39. The fraction of sp³-hybridized carbons (Fsp3) is 1.00. The third kappa shape index (κ3) is 7.55. The van der Waals surface area contributed by atoms with Crippen molar-refractivity contribution in [2.24, 2.45) is 5.41 Å². The summed E-state index contributed by atoms with van der Waals surface area (Å²) < 4.78 is 31.4. The van der Waals surface area contributed by atoms with Gasteiger partial charge in [-0.25, -0.2) is 8.42 Å². The van der Waals surface area contributed by atoms with E-state index in [0.29, 0.717) is 6.42 Å². The first-order valence-electron chi connectivity index (χ1n) is 3.57. The standard InChI is InChI=1S/C7H16O3S.Na/c1-6(11(8,9)10)5-7(2,3)4;/h6H,5H2,1-4H3,(H,8,9,10);/q;+1/p-1. The average molecular weight is 202 g/mol. The molecule has 0 N–H and O–H groups in total. The van der Waals surface area contributed by atoms with Gasteiger partial charge in [-0.3, -0.25) is 0 Å². The molecule has 12 heavy (non-hydrogen) atoms. The molecule has 0 aliphatic rings. The summed E-state index contributed by atoms with van der Waals surface area (Å²) in [5.74, 6) is 0. The van der Waals surface area contributed by atoms with Crippen LogP contribution in [0, 0.1) is 5.41 Å². The fourth-order valence-electron chi connectivity index (χ4n) is 0.964. The van der Waals surface area contributed by atoms with Crippen LogP contribution < -0.4 is 29.6 Å². The molecule has 0 rings (SSSR count). The van der Waals surface area contributed by atoms with E-state index in [1.165, 1.54) is 6.92 Å². The molecule has 1 atom stereocenters. The van der Waals surface area contributed by atoms with Crippen LogP contribution >= 0.6 is 0 Å². The molecule has 0 heterocycles. The summed E-state index contributed by atoms with van der Waals surface area (Å²) >= 11 is 0. The summed E-state index contributed by atoms with van der Waals surface area (Å²) in [5, 5.41) is -0.775. The summed E-state index contributed by atoms with van der Waals surface area (Å²) in [6.45, 7) is 7.19. The molecule has 1 unspecified atom stereocenters. The van der Waals surface area contributed by atoms with E-state index in [4.69, 9.17) is 0 Å². The molecule has 0 radical (unpaired) electrons. The van der Waals surface area contributed by atoms with Crippen LogP contribution in [0.15, 0.2) is 0 Å². The molecule has 0 saturated heterocycles. The minimum absolute atomic E-state index is 0. The van der Waals surface area contributed by atoms with Crippen LogP contribution in [0.1, 0.15) is 34.1 Å². The van der Waals surface area contributed by atoms with E-state index in [1.807, 2.05) is 20.8 Å². The Hall–Kier alpha value is 0.910. The Bertz CT molecular complexity index is 215. The Morgan fingerprint density at radius 1 is 1.33 bits per heavy atom. The van der Waals surface area contributed by atoms with Crippen molar-refractivity contribution in [3.8, 4) is 0 Å². The molecule has 0 aliphatic carbocycles. The van der Waals surface area contributed by atoms with E-state index in [-0.39, 0.29) is 35.0 Å². The van der Waals surface area contributed by atoms with Crippen LogP contribution in [0.3, 0.4) is 0 Å². The number of hydrogen-bond donors (Lipinski definition) is 0. The Morgan fingerprint density at radius 2 is 1.67 bits per heavy atom. The summed E-state index contributed by atoms with van der Waals surface area (Å²) in [4.78, 5) is 0. The first-order chi connectivity index (χ1) is 4.63. The van der Waals surface area contributed by atoms with Gasteiger partial charge in [0.05, 0.1) is 10.1 Å². The Balaban J connectivity index is 0. The fourth-order valence-corrected chi connectivity index (χ4v) is 1.67. The zero-order valence-corrected chi connectivity index (χ0v) is 11.2. The molecule has 0 fully saturated rings. The molecule has 68 valence electrons. The summed E-state index contributed by atoms with van der Waals surface area (Å²) in [6.07, 6.45) is 0.416. The average Bonchev–Trinajstić information content (AvgIpc) is 1.56. The second kappa shape index (κ2) is 4.96. The molecule has 0 saturated carbocycles. The van der Waals surface area contributed by atoms with Crippen molar-refractivity contribution in [1.29, 1.82) is 0 Å². The van der Waals surface area contributed by atoms with Gasteiger partial charge in [-0.2, -0.15) is 0 Å². The Morgan fingerprint density at radius 3 is 1.75 bits per heavy atom. The van der Waals surface area contributed by atoms with Crippen LogP contribution in [-0.2, 0) is 10.1 Å². The maximum atomic E-state index is 10.5. The van der Waals surface area contributed by atoms with Crippen molar-refractivity contribution in [3.05, 3.63) is 0 Å². The van der Waals surface area contributed by atoms with Gasteiger partial charge in [0.1, 0.15) is 0 Å². The van der Waals surface area contributed by atoms with Crippen LogP contribution in [0.4, 0.5) is 0 Å². The molecule has 0 aromatic rings. The van der Waals surface area contributed by atoms with Crippen LogP contribution in [0.2, 0.25) is 0 Å². The van der Waals surface area contributed by atoms with E-state index >= 15 is 0 Å². The Labute approximate surface area is 97.0 Å². The number of hydrogen-bond acceptors (Lipinski definition) is 3. The largest absolute Gasteiger partial charge is 1.00 e. The predicted molar refractivity (Wildman–Crippen MR) is 43.2 cm³/mol. The molecule has 0 spiro atoms. The quantitative estimate of drug-likeness (QED) is 0.398. The molecule has 0 bridgehead atoms. The van der Waals surface area contributed by atoms with Crippen LogP contribution in [0.25, 0.3) is 0 Å². The van der Waals surface area contributed by atoms with Gasteiger partial charge in [0.15, 0.2) is 0 Å². The maximum absolute atomic E-state index is 10.5. The van der Waals surface area contributed by atoms with E-state index < -0.39 is 15.4 Å². The minimum Gasteiger partial charge on any atom is -0.748 e. The number of rotatable bonds is 2. The first-order valence-corrected chi connectivity index (χ1v) is 5.05. The summed E-state index contributed by atoms with van der Waals surface area (Å²) in [7, 11) is -4.09. The molecular weight excluding hydrogens is 187 g/mol. The van der Waals surface area contributed by atoms with Crippen molar-refractivity contribution in [1.82, 2.24) is 0 Å². The van der Waals surface area contributed by atoms with Crippen LogP contribution in [-0.4, -0.2) is 18.2 Å². The van der Waals surface area contributed by atoms with Gasteiger partial charge in [0, 0.05) is 5.25 Å². The zero-order valence-electron chi connectivity index (χ0n) is 8.42. The van der Waals surface area contributed by atoms with Gasteiger partial charge in [-0.15, -0.1) is 0 Å². The maximum Gasteiger partial charge on any atom is 1.00 e. The molecule has 5 heteroatoms. The smallest absolute Gasteiger partial charge is 0.748 e. The topological polar surface area (TPSA) is 57.2 Å². The van der Waals surface area contributed by atoms with Crippen LogP contribution in [0.5, 0.6) is 0 Å². The van der Waals surface area contributed by atoms with Gasteiger partial charge < -0.3 is 4.55 Å². The van der Waals surface area contributed by atoms with E-state index in [9.17, 15) is 13.0 Å². The van der Waals surface area contributed by atoms with Gasteiger partial charge in [-0.05, 0) is 18.8 Å². The molecule has 0 aliphatic heterocycles. The van der Waals surface area contributed by atoms with E-state index in [1.54, 1.807) is 0 Å². The third-order valence-corrected chi connectivity index (χ3v) is 2.54. The molecule has 3 nitrogen and oxygen atoms in total. The van der Waals surface area contributed by atoms with Gasteiger partial charge in [0.25, 0.3) is 0 Å². The second-order valence-electron chi connectivity index (χ2n) is 4.07. The minimum atomic E-state index is -4.09. The molecule has 0 amide bonds. The normalized spacial score (nSPS) is 15.1. The molecule has 0 aromatic carbocycles. The van der Waals surface area contributed by atoms with E-state index in [2.05, 4.69) is 0 Å². The van der Waals surface area contributed by atoms with Crippen molar-refractivity contribution in [2.75, 3.05) is 0 Å². The summed E-state index contributed by atoms with van der Waals surface area (Å²) in [5.41, 5.74) is -0.100. The van der Waals surface area contributed by atoms with Crippen molar-refractivity contribution in [2.45, 2.75) is 39.4 Å². The van der Waals surface area contributed by atoms with E-state index in [0.717, 1.165) is 0 Å². The zero-order chi connectivity index (χ0) is 9.28. The van der Waals surface area contributed by atoms with Gasteiger partial charge in [0.2, 0.25) is 0 Å². The summed E-state index contributed by atoms with van der Waals surface area (Å²) in [6, 6.07) is 0.